The normalized spacial score (nSPS) is 25.4. The van der Waals surface area contributed by atoms with Gasteiger partial charge in [-0.1, -0.05) is 0 Å². The van der Waals surface area contributed by atoms with Crippen LogP contribution >= 0.6 is 0 Å². The zero-order chi connectivity index (χ0) is 11.5. The molecule has 1 aromatic rings. The van der Waals surface area contributed by atoms with Crippen molar-refractivity contribution >= 4 is 5.69 Å². The number of anilines is 1. The third-order valence-electron chi connectivity index (χ3n) is 3.00. The molecule has 16 heavy (non-hydrogen) atoms. The molecule has 1 aliphatic rings. The van der Waals surface area contributed by atoms with Crippen molar-refractivity contribution < 1.29 is 8.78 Å². The van der Waals surface area contributed by atoms with Crippen molar-refractivity contribution in [3.8, 4) is 0 Å². The molecule has 2 atom stereocenters. The third-order valence-corrected chi connectivity index (χ3v) is 3.00. The molecule has 0 spiro atoms. The molecule has 4 heteroatoms. The van der Waals surface area contributed by atoms with Crippen molar-refractivity contribution in [2.45, 2.75) is 37.8 Å². The molecule has 2 rings (SSSR count). The standard InChI is InChI=1S/C12H16F2N2/c13-8-4-5-11(14)12(6-8)16-10-3-1-2-9(15)7-10/h4-6,9-10,16H,1-3,7,15H2. The molecule has 0 aromatic heterocycles. The smallest absolute Gasteiger partial charge is 0.146 e. The van der Waals surface area contributed by atoms with E-state index in [9.17, 15) is 8.78 Å². The second-order valence-corrected chi connectivity index (χ2v) is 4.39. The largest absolute Gasteiger partial charge is 0.380 e. The Hall–Kier alpha value is -1.16. The third kappa shape index (κ3) is 2.70. The van der Waals surface area contributed by atoms with Gasteiger partial charge in [-0.05, 0) is 43.9 Å². The van der Waals surface area contributed by atoms with Crippen molar-refractivity contribution in [2.75, 3.05) is 5.32 Å². The first kappa shape index (κ1) is 11.3. The minimum Gasteiger partial charge on any atom is -0.380 e. The SMILES string of the molecule is NC1CCCC(Nc2cc(F)ccc2F)C1. The molecule has 1 aliphatic carbocycles. The Labute approximate surface area is 93.8 Å². The number of nitrogens with one attached hydrogen (secondary N) is 1. The zero-order valence-electron chi connectivity index (χ0n) is 9.05. The van der Waals surface area contributed by atoms with E-state index in [1.807, 2.05) is 0 Å². The maximum atomic E-state index is 13.4. The second-order valence-electron chi connectivity index (χ2n) is 4.39. The first-order valence-corrected chi connectivity index (χ1v) is 5.62. The second kappa shape index (κ2) is 4.78. The van der Waals surface area contributed by atoms with E-state index < -0.39 is 11.6 Å². The van der Waals surface area contributed by atoms with Gasteiger partial charge in [0.05, 0.1) is 5.69 Å². The Morgan fingerprint density at radius 2 is 2.06 bits per heavy atom. The van der Waals surface area contributed by atoms with E-state index >= 15 is 0 Å². The summed E-state index contributed by atoms with van der Waals surface area (Å²) in [6.45, 7) is 0. The Balaban J connectivity index is 2.05. The molecule has 1 fully saturated rings. The van der Waals surface area contributed by atoms with Crippen LogP contribution in [0.4, 0.5) is 14.5 Å². The van der Waals surface area contributed by atoms with Crippen LogP contribution in [-0.4, -0.2) is 12.1 Å². The van der Waals surface area contributed by atoms with Gasteiger partial charge in [0.25, 0.3) is 0 Å². The highest BCUT2D eigenvalue weighted by molar-refractivity contribution is 5.45. The number of benzene rings is 1. The summed E-state index contributed by atoms with van der Waals surface area (Å²) < 4.78 is 26.3. The molecular weight excluding hydrogens is 210 g/mol. The summed E-state index contributed by atoms with van der Waals surface area (Å²) in [5.74, 6) is -0.843. The van der Waals surface area contributed by atoms with Crippen molar-refractivity contribution in [3.63, 3.8) is 0 Å². The lowest BCUT2D eigenvalue weighted by Gasteiger charge is -2.28. The predicted octanol–water partition coefficient (Wildman–Crippen LogP) is 2.65. The number of halogens is 2. The van der Waals surface area contributed by atoms with Gasteiger partial charge in [0.1, 0.15) is 11.6 Å². The first-order chi connectivity index (χ1) is 7.65. The molecule has 0 saturated heterocycles. The van der Waals surface area contributed by atoms with Gasteiger partial charge < -0.3 is 11.1 Å². The van der Waals surface area contributed by atoms with Crippen LogP contribution in [0.2, 0.25) is 0 Å². The van der Waals surface area contributed by atoms with Gasteiger partial charge >= 0.3 is 0 Å². The molecule has 0 heterocycles. The molecule has 0 aliphatic heterocycles. The van der Waals surface area contributed by atoms with E-state index in [0.29, 0.717) is 0 Å². The van der Waals surface area contributed by atoms with Crippen LogP contribution in [0.5, 0.6) is 0 Å². The molecular formula is C12H16F2N2. The summed E-state index contributed by atoms with van der Waals surface area (Å²) >= 11 is 0. The molecule has 0 bridgehead atoms. The lowest BCUT2D eigenvalue weighted by Crippen LogP contribution is -2.35. The van der Waals surface area contributed by atoms with Crippen LogP contribution in [-0.2, 0) is 0 Å². The summed E-state index contributed by atoms with van der Waals surface area (Å²) in [5.41, 5.74) is 6.07. The van der Waals surface area contributed by atoms with Gasteiger partial charge in [0.15, 0.2) is 0 Å². The van der Waals surface area contributed by atoms with Crippen LogP contribution < -0.4 is 11.1 Å². The summed E-state index contributed by atoms with van der Waals surface area (Å²) in [5, 5.41) is 3.03. The van der Waals surface area contributed by atoms with E-state index in [1.54, 1.807) is 0 Å². The predicted molar refractivity (Wildman–Crippen MR) is 60.2 cm³/mol. The van der Waals surface area contributed by atoms with Crippen LogP contribution in [0.15, 0.2) is 18.2 Å². The molecule has 1 aromatic carbocycles. The monoisotopic (exact) mass is 226 g/mol. The lowest BCUT2D eigenvalue weighted by atomic mass is 9.91. The molecule has 1 saturated carbocycles. The highest BCUT2D eigenvalue weighted by Gasteiger charge is 2.19. The Kier molecular flexibility index (Phi) is 3.39. The topological polar surface area (TPSA) is 38.0 Å². The highest BCUT2D eigenvalue weighted by Crippen LogP contribution is 2.23. The minimum absolute atomic E-state index is 0.153. The van der Waals surface area contributed by atoms with Crippen LogP contribution in [0.3, 0.4) is 0 Å². The van der Waals surface area contributed by atoms with Gasteiger partial charge in [0, 0.05) is 12.1 Å². The van der Waals surface area contributed by atoms with Crippen molar-refractivity contribution in [1.29, 1.82) is 0 Å². The molecule has 2 nitrogen and oxygen atoms in total. The minimum atomic E-state index is -0.427. The van der Waals surface area contributed by atoms with Gasteiger partial charge in [-0.3, -0.25) is 0 Å². The van der Waals surface area contributed by atoms with E-state index in [-0.39, 0.29) is 17.8 Å². The van der Waals surface area contributed by atoms with Crippen molar-refractivity contribution in [3.05, 3.63) is 29.8 Å². The van der Waals surface area contributed by atoms with E-state index in [2.05, 4.69) is 5.32 Å². The summed E-state index contributed by atoms with van der Waals surface area (Å²) in [6.07, 6.45) is 3.83. The van der Waals surface area contributed by atoms with E-state index in [0.717, 1.165) is 37.8 Å². The van der Waals surface area contributed by atoms with Crippen LogP contribution in [0, 0.1) is 11.6 Å². The summed E-state index contributed by atoms with van der Waals surface area (Å²) in [7, 11) is 0. The zero-order valence-corrected chi connectivity index (χ0v) is 9.05. The van der Waals surface area contributed by atoms with E-state index in [4.69, 9.17) is 5.73 Å². The fraction of sp³-hybridized carbons (Fsp3) is 0.500. The average molecular weight is 226 g/mol. The molecule has 0 radical (unpaired) electrons. The summed E-state index contributed by atoms with van der Waals surface area (Å²) in [6, 6.07) is 3.77. The molecule has 88 valence electrons. The highest BCUT2D eigenvalue weighted by atomic mass is 19.1. The van der Waals surface area contributed by atoms with E-state index in [1.165, 1.54) is 6.07 Å². The maximum Gasteiger partial charge on any atom is 0.146 e. The van der Waals surface area contributed by atoms with Gasteiger partial charge in [-0.15, -0.1) is 0 Å². The van der Waals surface area contributed by atoms with Crippen molar-refractivity contribution in [2.24, 2.45) is 5.73 Å². The van der Waals surface area contributed by atoms with Gasteiger partial charge in [-0.2, -0.15) is 0 Å². The summed E-state index contributed by atoms with van der Waals surface area (Å²) in [4.78, 5) is 0. The van der Waals surface area contributed by atoms with Gasteiger partial charge in [-0.25, -0.2) is 8.78 Å². The van der Waals surface area contributed by atoms with Crippen molar-refractivity contribution in [1.82, 2.24) is 0 Å². The maximum absolute atomic E-state index is 13.4. The fourth-order valence-corrected chi connectivity index (χ4v) is 2.19. The first-order valence-electron chi connectivity index (χ1n) is 5.62. The lowest BCUT2D eigenvalue weighted by molar-refractivity contribution is 0.408. The average Bonchev–Trinajstić information content (AvgIpc) is 2.24. The number of nitrogens with two attached hydrogens (primary N) is 1. The molecule has 2 unspecified atom stereocenters. The number of rotatable bonds is 2. The van der Waals surface area contributed by atoms with Gasteiger partial charge in [0.2, 0.25) is 0 Å². The quantitative estimate of drug-likeness (QED) is 0.813. The number of hydrogen-bond acceptors (Lipinski definition) is 2. The Morgan fingerprint density at radius 1 is 1.25 bits per heavy atom. The molecule has 0 amide bonds. The number of hydrogen-bond donors (Lipinski definition) is 2. The Bertz CT molecular complexity index is 368. The van der Waals surface area contributed by atoms with Crippen LogP contribution in [0.1, 0.15) is 25.7 Å². The van der Waals surface area contributed by atoms with Crippen LogP contribution in [0.25, 0.3) is 0 Å². The fourth-order valence-electron chi connectivity index (χ4n) is 2.19. The Morgan fingerprint density at radius 3 is 2.81 bits per heavy atom. The molecule has 3 N–H and O–H groups in total.